The van der Waals surface area contributed by atoms with E-state index in [2.05, 4.69) is 9.97 Å². The number of aryl methyl sites for hydroxylation is 1. The summed E-state index contributed by atoms with van der Waals surface area (Å²) in [5.41, 5.74) is 2.40. The van der Waals surface area contributed by atoms with E-state index in [4.69, 9.17) is 4.74 Å². The number of carbonyl (C=O) groups excluding carboxylic acids is 1. The second kappa shape index (κ2) is 7.42. The fourth-order valence-electron chi connectivity index (χ4n) is 2.59. The van der Waals surface area contributed by atoms with E-state index in [-0.39, 0.29) is 18.6 Å². The van der Waals surface area contributed by atoms with Crippen LogP contribution in [0.5, 0.6) is 0 Å². The first-order chi connectivity index (χ1) is 13.1. The molecule has 0 unspecified atom stereocenters. The predicted octanol–water partition coefficient (Wildman–Crippen LogP) is 3.47. The summed E-state index contributed by atoms with van der Waals surface area (Å²) in [6, 6.07) is 9.00. The van der Waals surface area contributed by atoms with E-state index in [1.807, 2.05) is 35.9 Å². The molecule has 4 aromatic heterocycles. The van der Waals surface area contributed by atoms with Gasteiger partial charge in [0.25, 0.3) is 5.56 Å². The molecule has 0 fully saturated rings. The first-order valence-electron chi connectivity index (χ1n) is 8.21. The minimum atomic E-state index is -0.399. The summed E-state index contributed by atoms with van der Waals surface area (Å²) in [5.74, 6) is -0.399. The van der Waals surface area contributed by atoms with Gasteiger partial charge in [0.2, 0.25) is 0 Å². The Labute approximate surface area is 162 Å². The van der Waals surface area contributed by atoms with Crippen LogP contribution in [-0.4, -0.2) is 20.3 Å². The number of carbonyl (C=O) groups is 1. The van der Waals surface area contributed by atoms with Gasteiger partial charge < -0.3 is 4.74 Å². The standard InChI is InChI=1S/C19H15N3O3S2/c1-12-4-5-16-20-13(7-17(23)22(16)9-12)10-25-18(24)8-14-11-27-19(21-14)15-3-2-6-26-15/h2-7,9,11H,8,10H2,1H3. The number of thiazole rings is 1. The first-order valence-corrected chi connectivity index (χ1v) is 9.97. The van der Waals surface area contributed by atoms with E-state index < -0.39 is 5.97 Å². The molecule has 0 spiro atoms. The maximum Gasteiger partial charge on any atom is 0.312 e. The zero-order valence-electron chi connectivity index (χ0n) is 14.4. The fraction of sp³-hybridized carbons (Fsp3) is 0.158. The maximum absolute atomic E-state index is 12.2. The molecule has 0 radical (unpaired) electrons. The van der Waals surface area contributed by atoms with Gasteiger partial charge in [-0.25, -0.2) is 9.97 Å². The van der Waals surface area contributed by atoms with E-state index in [0.717, 1.165) is 15.4 Å². The van der Waals surface area contributed by atoms with Gasteiger partial charge in [-0.1, -0.05) is 12.1 Å². The molecule has 0 aliphatic rings. The van der Waals surface area contributed by atoms with Crippen molar-refractivity contribution in [2.75, 3.05) is 0 Å². The van der Waals surface area contributed by atoms with Crippen molar-refractivity contribution >= 4 is 34.3 Å². The van der Waals surface area contributed by atoms with Crippen LogP contribution in [0.3, 0.4) is 0 Å². The highest BCUT2D eigenvalue weighted by atomic mass is 32.1. The highest BCUT2D eigenvalue weighted by Crippen LogP contribution is 2.27. The van der Waals surface area contributed by atoms with Crippen molar-refractivity contribution in [1.29, 1.82) is 0 Å². The molecular weight excluding hydrogens is 382 g/mol. The molecule has 0 aromatic carbocycles. The van der Waals surface area contributed by atoms with Crippen molar-refractivity contribution in [3.05, 3.63) is 74.6 Å². The van der Waals surface area contributed by atoms with Crippen molar-refractivity contribution in [3.63, 3.8) is 0 Å². The molecule has 27 heavy (non-hydrogen) atoms. The maximum atomic E-state index is 12.2. The van der Waals surface area contributed by atoms with Gasteiger partial charge in [-0.15, -0.1) is 22.7 Å². The van der Waals surface area contributed by atoms with E-state index in [9.17, 15) is 9.59 Å². The summed E-state index contributed by atoms with van der Waals surface area (Å²) in [5, 5.41) is 4.75. The topological polar surface area (TPSA) is 73.6 Å². The van der Waals surface area contributed by atoms with Gasteiger partial charge in [-0.05, 0) is 30.0 Å². The summed E-state index contributed by atoms with van der Waals surface area (Å²) >= 11 is 3.11. The largest absolute Gasteiger partial charge is 0.459 e. The molecule has 8 heteroatoms. The molecule has 0 saturated heterocycles. The van der Waals surface area contributed by atoms with Gasteiger partial charge in [0.1, 0.15) is 17.3 Å². The van der Waals surface area contributed by atoms with Crippen LogP contribution in [0.25, 0.3) is 15.5 Å². The lowest BCUT2D eigenvalue weighted by molar-refractivity contribution is -0.144. The van der Waals surface area contributed by atoms with Crippen LogP contribution in [0.4, 0.5) is 0 Å². The molecule has 0 saturated carbocycles. The van der Waals surface area contributed by atoms with Crippen molar-refractivity contribution in [2.45, 2.75) is 20.0 Å². The van der Waals surface area contributed by atoms with E-state index >= 15 is 0 Å². The second-order valence-electron chi connectivity index (χ2n) is 5.98. The van der Waals surface area contributed by atoms with Gasteiger partial charge in [-0.2, -0.15) is 0 Å². The number of rotatable bonds is 5. The molecule has 0 aliphatic carbocycles. The van der Waals surface area contributed by atoms with Crippen LogP contribution in [0.15, 0.2) is 52.1 Å². The third-order valence-electron chi connectivity index (χ3n) is 3.85. The summed E-state index contributed by atoms with van der Waals surface area (Å²) in [7, 11) is 0. The normalized spacial score (nSPS) is 11.0. The number of aromatic nitrogens is 3. The van der Waals surface area contributed by atoms with Gasteiger partial charge in [-0.3, -0.25) is 14.0 Å². The molecule has 0 atom stereocenters. The van der Waals surface area contributed by atoms with Crippen LogP contribution in [0.1, 0.15) is 17.0 Å². The number of nitrogens with zero attached hydrogens (tertiary/aromatic N) is 3. The van der Waals surface area contributed by atoms with E-state index in [0.29, 0.717) is 17.0 Å². The zero-order chi connectivity index (χ0) is 18.8. The Bertz CT molecular complexity index is 1160. The molecule has 4 rings (SSSR count). The third-order valence-corrected chi connectivity index (χ3v) is 5.78. The first kappa shape index (κ1) is 17.6. The molecule has 136 valence electrons. The zero-order valence-corrected chi connectivity index (χ0v) is 16.0. The van der Waals surface area contributed by atoms with Gasteiger partial charge in [0, 0.05) is 17.6 Å². The fourth-order valence-corrected chi connectivity index (χ4v) is 4.22. The number of ether oxygens (including phenoxy) is 1. The number of hydrogen-bond donors (Lipinski definition) is 0. The Kier molecular flexibility index (Phi) is 4.83. The molecule has 0 bridgehead atoms. The second-order valence-corrected chi connectivity index (χ2v) is 7.78. The Morgan fingerprint density at radius 3 is 2.89 bits per heavy atom. The summed E-state index contributed by atoms with van der Waals surface area (Å²) in [6.45, 7) is 1.87. The average Bonchev–Trinajstić information content (AvgIpc) is 3.32. The van der Waals surface area contributed by atoms with Crippen LogP contribution in [0.2, 0.25) is 0 Å². The van der Waals surface area contributed by atoms with E-state index in [1.165, 1.54) is 21.8 Å². The average molecular weight is 397 g/mol. The number of esters is 1. The monoisotopic (exact) mass is 397 g/mol. The summed E-state index contributed by atoms with van der Waals surface area (Å²) < 4.78 is 6.75. The predicted molar refractivity (Wildman–Crippen MR) is 105 cm³/mol. The molecule has 0 aliphatic heterocycles. The highest BCUT2D eigenvalue weighted by Gasteiger charge is 2.12. The third kappa shape index (κ3) is 3.96. The highest BCUT2D eigenvalue weighted by molar-refractivity contribution is 7.20. The minimum absolute atomic E-state index is 0.0413. The number of pyridine rings is 1. The molecule has 0 N–H and O–H groups in total. The number of hydrogen-bond acceptors (Lipinski definition) is 7. The van der Waals surface area contributed by atoms with Gasteiger partial charge in [0.05, 0.1) is 22.7 Å². The number of fused-ring (bicyclic) bond motifs is 1. The van der Waals surface area contributed by atoms with E-state index in [1.54, 1.807) is 23.6 Å². The summed E-state index contributed by atoms with van der Waals surface area (Å²) in [4.78, 5) is 34.2. The van der Waals surface area contributed by atoms with Gasteiger partial charge in [0.15, 0.2) is 0 Å². The minimum Gasteiger partial charge on any atom is -0.459 e. The molecule has 6 nitrogen and oxygen atoms in total. The summed E-state index contributed by atoms with van der Waals surface area (Å²) in [6.07, 6.45) is 1.82. The lowest BCUT2D eigenvalue weighted by Gasteiger charge is -2.06. The van der Waals surface area contributed by atoms with Crippen molar-refractivity contribution in [3.8, 4) is 9.88 Å². The SMILES string of the molecule is Cc1ccc2nc(COC(=O)Cc3csc(-c4cccs4)n3)cc(=O)n2c1. The molecular formula is C19H15N3O3S2. The number of thiophene rings is 1. The Morgan fingerprint density at radius 1 is 1.19 bits per heavy atom. The van der Waals surface area contributed by atoms with Crippen molar-refractivity contribution < 1.29 is 9.53 Å². The van der Waals surface area contributed by atoms with Crippen LogP contribution in [-0.2, 0) is 22.6 Å². The lowest BCUT2D eigenvalue weighted by atomic mass is 10.3. The molecule has 4 aromatic rings. The lowest BCUT2D eigenvalue weighted by Crippen LogP contribution is -2.17. The van der Waals surface area contributed by atoms with Crippen molar-refractivity contribution in [2.24, 2.45) is 0 Å². The quantitative estimate of drug-likeness (QED) is 0.482. The smallest absolute Gasteiger partial charge is 0.312 e. The molecule has 0 amide bonds. The van der Waals surface area contributed by atoms with Crippen LogP contribution < -0.4 is 5.56 Å². The molecule has 4 heterocycles. The Balaban J connectivity index is 1.41. The van der Waals surface area contributed by atoms with Crippen LogP contribution in [0, 0.1) is 6.92 Å². The van der Waals surface area contributed by atoms with Crippen molar-refractivity contribution in [1.82, 2.24) is 14.4 Å². The Morgan fingerprint density at radius 2 is 2.07 bits per heavy atom. The van der Waals surface area contributed by atoms with Gasteiger partial charge >= 0.3 is 5.97 Å². The Hall–Kier alpha value is -2.84. The van der Waals surface area contributed by atoms with Crippen LogP contribution >= 0.6 is 22.7 Å².